The summed E-state index contributed by atoms with van der Waals surface area (Å²) in [6.45, 7) is 3.33. The summed E-state index contributed by atoms with van der Waals surface area (Å²) in [6.07, 6.45) is 9.04. The van der Waals surface area contributed by atoms with Crippen LogP contribution in [-0.2, 0) is 21.4 Å². The number of nitrogens with zero attached hydrogens (tertiary/aromatic N) is 4. The molecule has 0 bridgehead atoms. The summed E-state index contributed by atoms with van der Waals surface area (Å²) in [5.41, 5.74) is 2.50. The number of fused-ring (bicyclic) bond motifs is 2. The number of piperidine rings is 1. The van der Waals surface area contributed by atoms with Crippen molar-refractivity contribution >= 4 is 11.9 Å². The van der Waals surface area contributed by atoms with Gasteiger partial charge in [0.2, 0.25) is 11.9 Å². The first-order chi connectivity index (χ1) is 12.6. The molecule has 3 heterocycles. The Morgan fingerprint density at radius 3 is 2.92 bits per heavy atom. The zero-order valence-corrected chi connectivity index (χ0v) is 16.0. The van der Waals surface area contributed by atoms with Crippen LogP contribution in [0.3, 0.4) is 0 Å². The van der Waals surface area contributed by atoms with Gasteiger partial charge in [0.15, 0.2) is 0 Å². The highest BCUT2D eigenvalue weighted by Crippen LogP contribution is 2.44. The highest BCUT2D eigenvalue weighted by Gasteiger charge is 2.45. The highest BCUT2D eigenvalue weighted by atomic mass is 16.5. The number of anilines is 1. The quantitative estimate of drug-likeness (QED) is 0.829. The Hall–Kier alpha value is -1.69. The first-order valence-electron chi connectivity index (χ1n) is 9.97. The van der Waals surface area contributed by atoms with Gasteiger partial charge in [-0.05, 0) is 50.0 Å². The molecule has 0 N–H and O–H groups in total. The number of aryl methyl sites for hydroxylation is 1. The molecule has 2 saturated heterocycles. The molecular formula is C20H30N4O2. The van der Waals surface area contributed by atoms with Gasteiger partial charge in [0.25, 0.3) is 0 Å². The maximum atomic E-state index is 12.9. The van der Waals surface area contributed by atoms with Gasteiger partial charge in [-0.1, -0.05) is 0 Å². The van der Waals surface area contributed by atoms with Crippen molar-refractivity contribution in [3.05, 3.63) is 17.5 Å². The second-order valence-corrected chi connectivity index (χ2v) is 8.40. The lowest BCUT2D eigenvalue weighted by molar-refractivity contribution is -0.135. The summed E-state index contributed by atoms with van der Waals surface area (Å²) in [7, 11) is 3.96. The van der Waals surface area contributed by atoms with Crippen LogP contribution in [0.1, 0.15) is 49.8 Å². The molecule has 4 rings (SSSR count). The molecule has 3 aliphatic rings. The first kappa shape index (κ1) is 17.7. The Bertz CT molecular complexity index is 668. The van der Waals surface area contributed by atoms with Gasteiger partial charge in [0.1, 0.15) is 0 Å². The van der Waals surface area contributed by atoms with Gasteiger partial charge in [-0.3, -0.25) is 4.79 Å². The Labute approximate surface area is 155 Å². The van der Waals surface area contributed by atoms with E-state index < -0.39 is 0 Å². The van der Waals surface area contributed by atoms with Gasteiger partial charge in [-0.25, -0.2) is 9.97 Å². The average molecular weight is 358 g/mol. The van der Waals surface area contributed by atoms with Gasteiger partial charge in [0.05, 0.1) is 5.69 Å². The van der Waals surface area contributed by atoms with Crippen LogP contribution in [0, 0.1) is 5.92 Å². The molecule has 0 aromatic carbocycles. The summed E-state index contributed by atoms with van der Waals surface area (Å²) in [4.78, 5) is 26.4. The van der Waals surface area contributed by atoms with Crippen LogP contribution in [0.15, 0.2) is 6.20 Å². The third-order valence-corrected chi connectivity index (χ3v) is 6.36. The molecule has 26 heavy (non-hydrogen) atoms. The zero-order valence-electron chi connectivity index (χ0n) is 16.0. The van der Waals surface area contributed by atoms with E-state index in [1.54, 1.807) is 0 Å². The van der Waals surface area contributed by atoms with Crippen LogP contribution in [-0.4, -0.2) is 61.2 Å². The zero-order chi connectivity index (χ0) is 18.1. The van der Waals surface area contributed by atoms with E-state index in [9.17, 15) is 4.79 Å². The molecule has 0 radical (unpaired) electrons. The molecule has 1 unspecified atom stereocenters. The third-order valence-electron chi connectivity index (χ3n) is 6.36. The fourth-order valence-electron chi connectivity index (χ4n) is 4.82. The molecule has 1 atom stereocenters. The molecule has 2 fully saturated rings. The number of carbonyl (C=O) groups excluding carboxylic acids is 1. The van der Waals surface area contributed by atoms with Crippen molar-refractivity contribution in [1.29, 1.82) is 0 Å². The monoisotopic (exact) mass is 358 g/mol. The highest BCUT2D eigenvalue weighted by molar-refractivity contribution is 5.76. The van der Waals surface area contributed by atoms with E-state index in [2.05, 4.69) is 9.88 Å². The van der Waals surface area contributed by atoms with Crippen LogP contribution >= 0.6 is 0 Å². The van der Waals surface area contributed by atoms with Gasteiger partial charge < -0.3 is 14.5 Å². The first-order valence-corrected chi connectivity index (χ1v) is 9.97. The molecule has 1 spiro atoms. The van der Waals surface area contributed by atoms with E-state index in [0.717, 1.165) is 70.8 Å². The van der Waals surface area contributed by atoms with Crippen LogP contribution < -0.4 is 4.90 Å². The fraction of sp³-hybridized carbons (Fsp3) is 0.750. The standard InChI is InChI=1S/C20H30N4O2/c1-23(2)19-21-13-16-4-8-20(18(16)22-19)7-3-9-24(14-20)17(25)12-15-5-10-26-11-6-15/h13,15H,3-12,14H2,1-2H3. The molecule has 142 valence electrons. The van der Waals surface area contributed by atoms with Crippen molar-refractivity contribution in [3.8, 4) is 0 Å². The maximum absolute atomic E-state index is 12.9. The smallest absolute Gasteiger partial charge is 0.225 e. The Morgan fingerprint density at radius 2 is 2.15 bits per heavy atom. The summed E-state index contributed by atoms with van der Waals surface area (Å²) >= 11 is 0. The number of aromatic nitrogens is 2. The molecule has 1 aromatic rings. The molecular weight excluding hydrogens is 328 g/mol. The third kappa shape index (κ3) is 3.31. The summed E-state index contributed by atoms with van der Waals surface area (Å²) in [5.74, 6) is 1.59. The Morgan fingerprint density at radius 1 is 1.35 bits per heavy atom. The minimum Gasteiger partial charge on any atom is -0.381 e. The second kappa shape index (κ2) is 7.14. The fourth-order valence-corrected chi connectivity index (χ4v) is 4.82. The SMILES string of the molecule is CN(C)c1ncc2c(n1)C1(CCCN(C(=O)CC3CCOCC3)C1)CC2. The van der Waals surface area contributed by atoms with Crippen molar-refractivity contribution < 1.29 is 9.53 Å². The topological polar surface area (TPSA) is 58.6 Å². The van der Waals surface area contributed by atoms with Crippen LogP contribution in [0.2, 0.25) is 0 Å². The predicted octanol–water partition coefficient (Wildman–Crippen LogP) is 2.17. The number of carbonyl (C=O) groups is 1. The van der Waals surface area contributed by atoms with E-state index in [1.165, 1.54) is 11.3 Å². The lowest BCUT2D eigenvalue weighted by atomic mass is 9.77. The van der Waals surface area contributed by atoms with E-state index in [4.69, 9.17) is 9.72 Å². The van der Waals surface area contributed by atoms with Gasteiger partial charge in [-0.15, -0.1) is 0 Å². The average Bonchev–Trinajstić information content (AvgIpc) is 3.00. The number of amides is 1. The van der Waals surface area contributed by atoms with Crippen molar-refractivity contribution in [2.75, 3.05) is 45.3 Å². The minimum atomic E-state index is 0.0343. The summed E-state index contributed by atoms with van der Waals surface area (Å²) < 4.78 is 5.43. The van der Waals surface area contributed by atoms with Crippen molar-refractivity contribution in [2.24, 2.45) is 5.92 Å². The number of likely N-dealkylation sites (tertiary alicyclic amines) is 1. The number of hydrogen-bond donors (Lipinski definition) is 0. The van der Waals surface area contributed by atoms with Crippen molar-refractivity contribution in [3.63, 3.8) is 0 Å². The minimum absolute atomic E-state index is 0.0343. The van der Waals surface area contributed by atoms with Gasteiger partial charge in [-0.2, -0.15) is 0 Å². The van der Waals surface area contributed by atoms with Gasteiger partial charge in [0, 0.05) is 58.4 Å². The molecule has 0 saturated carbocycles. The summed E-state index contributed by atoms with van der Waals surface area (Å²) in [6, 6.07) is 0. The van der Waals surface area contributed by atoms with E-state index in [-0.39, 0.29) is 5.41 Å². The van der Waals surface area contributed by atoms with E-state index in [1.807, 2.05) is 25.2 Å². The van der Waals surface area contributed by atoms with Crippen molar-refractivity contribution in [2.45, 2.75) is 50.4 Å². The predicted molar refractivity (Wildman–Crippen MR) is 100 cm³/mol. The second-order valence-electron chi connectivity index (χ2n) is 8.40. The largest absolute Gasteiger partial charge is 0.381 e. The normalized spacial score (nSPS) is 26.2. The molecule has 6 heteroatoms. The lowest BCUT2D eigenvalue weighted by Crippen LogP contribution is -2.48. The molecule has 6 nitrogen and oxygen atoms in total. The molecule has 1 aromatic heterocycles. The molecule has 1 amide bonds. The Balaban J connectivity index is 1.50. The number of hydrogen-bond acceptors (Lipinski definition) is 5. The molecule has 1 aliphatic carbocycles. The van der Waals surface area contributed by atoms with Crippen LogP contribution in [0.25, 0.3) is 0 Å². The Kier molecular flexibility index (Phi) is 4.86. The van der Waals surface area contributed by atoms with E-state index in [0.29, 0.717) is 18.2 Å². The van der Waals surface area contributed by atoms with Gasteiger partial charge >= 0.3 is 0 Å². The van der Waals surface area contributed by atoms with E-state index >= 15 is 0 Å². The molecule has 2 aliphatic heterocycles. The van der Waals surface area contributed by atoms with Crippen molar-refractivity contribution in [1.82, 2.24) is 14.9 Å². The lowest BCUT2D eigenvalue weighted by Gasteiger charge is -2.41. The van der Waals surface area contributed by atoms with Crippen LogP contribution in [0.4, 0.5) is 5.95 Å². The summed E-state index contributed by atoms with van der Waals surface area (Å²) in [5, 5.41) is 0. The van der Waals surface area contributed by atoms with Crippen LogP contribution in [0.5, 0.6) is 0 Å². The maximum Gasteiger partial charge on any atom is 0.225 e. The number of rotatable bonds is 3. The number of ether oxygens (including phenoxy) is 1.